The molecule has 0 saturated carbocycles. The normalized spacial score (nSPS) is 15.7. The highest BCUT2D eigenvalue weighted by Gasteiger charge is 2.45. The van der Waals surface area contributed by atoms with Gasteiger partial charge in [0.2, 0.25) is 0 Å². The monoisotopic (exact) mass is 1330 g/mol. The minimum Gasteiger partial charge on any atom is -0.311 e. The van der Waals surface area contributed by atoms with Crippen LogP contribution in [0.4, 0.5) is 34.1 Å². The number of para-hydroxylation sites is 4. The lowest BCUT2D eigenvalue weighted by molar-refractivity contribution is 0.568. The second kappa shape index (κ2) is 23.2. The van der Waals surface area contributed by atoms with E-state index in [1.54, 1.807) is 9.13 Å². The molecule has 0 atom stereocenters. The smallest absolute Gasteiger partial charge is 0.252 e. The summed E-state index contributed by atoms with van der Waals surface area (Å²) in [5, 5.41) is -0.144. The molecule has 101 heavy (non-hydrogen) atoms. The average Bonchev–Trinajstić information content (AvgIpc) is 1.16. The van der Waals surface area contributed by atoms with E-state index in [0.29, 0.717) is 28.4 Å². The van der Waals surface area contributed by atoms with Crippen LogP contribution in [0, 0.1) is 0 Å². The first-order valence-electron chi connectivity index (χ1n) is 42.8. The molecule has 0 N–H and O–H groups in total. The molecule has 2 aliphatic rings. The van der Waals surface area contributed by atoms with E-state index in [-0.39, 0.29) is 99.9 Å². The van der Waals surface area contributed by atoms with Gasteiger partial charge in [-0.05, 0) is 194 Å². The van der Waals surface area contributed by atoms with Crippen LogP contribution in [0.5, 0.6) is 0 Å². The Kier molecular flexibility index (Phi) is 11.6. The maximum absolute atomic E-state index is 10.0. The Morgan fingerprint density at radius 2 is 0.614 bits per heavy atom. The number of hydrogen-bond donors (Lipinski definition) is 0. The summed E-state index contributed by atoms with van der Waals surface area (Å²) < 4.78 is 146. The number of fused-ring (bicyclic) bond motifs is 10. The van der Waals surface area contributed by atoms with Crippen LogP contribution in [-0.4, -0.2) is 15.8 Å². The Bertz CT molecular complexity index is 6450. The van der Waals surface area contributed by atoms with Gasteiger partial charge in [-0.1, -0.05) is 294 Å². The van der Waals surface area contributed by atoms with Crippen LogP contribution in [0.3, 0.4) is 0 Å². The minimum atomic E-state index is -0.698. The van der Waals surface area contributed by atoms with Gasteiger partial charge in [0.1, 0.15) is 0 Å². The number of benzene rings is 12. The summed E-state index contributed by atoms with van der Waals surface area (Å²) in [4.78, 5) is 4.43. The number of nitrogens with zero attached hydrogens (tertiary/aromatic N) is 4. The molecule has 0 bridgehead atoms. The van der Waals surface area contributed by atoms with Crippen molar-refractivity contribution in [2.75, 3.05) is 9.80 Å². The fourth-order valence-corrected chi connectivity index (χ4v) is 15.0. The van der Waals surface area contributed by atoms with Crippen molar-refractivity contribution < 1.29 is 20.6 Å². The maximum Gasteiger partial charge on any atom is 0.252 e. The third kappa shape index (κ3) is 11.3. The maximum atomic E-state index is 10.0. The molecule has 0 radical (unpaired) electrons. The molecule has 12 aromatic carbocycles. The van der Waals surface area contributed by atoms with Gasteiger partial charge in [-0.3, -0.25) is 0 Å². The SMILES string of the molecule is [2H]c1cc([2H])c2c(c1[2H])c1c([2H])c([2H])c([2H])c([2H])c1n2-c1ccc2c(c1)N(c1cccc(-c3cc(C(C)(C)C)cc(C(C)(C)C)c3)c1)c1cc(-n3c4c([2H])c([2H])c([2H])c([2H])c4c4c([2H])c([2H])c([2H])c([2H])c43)cc3c1B2c1cc(-c2cc(C(C)(C)C)cc(C(C)(C)C)c2)ccc1N3c1cccc(-c2cc(C(C)(C)C)cc(C(C)(C)C)c2)c1. The van der Waals surface area contributed by atoms with Crippen LogP contribution in [0.25, 0.3) is 88.4 Å². The zero-order valence-electron chi connectivity index (χ0n) is 76.4. The third-order valence-electron chi connectivity index (χ3n) is 20.9. The van der Waals surface area contributed by atoms with E-state index in [9.17, 15) is 17.8 Å². The third-order valence-corrected chi connectivity index (χ3v) is 20.9. The van der Waals surface area contributed by atoms with Crippen molar-refractivity contribution in [3.8, 4) is 44.8 Å². The molecule has 0 unspecified atom stereocenters. The Labute approximate surface area is 621 Å². The molecule has 4 nitrogen and oxygen atoms in total. The van der Waals surface area contributed by atoms with Gasteiger partial charge in [-0.15, -0.1) is 0 Å². The first-order chi connectivity index (χ1) is 54.1. The first-order valence-corrected chi connectivity index (χ1v) is 35.3. The Balaban J connectivity index is 1.12. The van der Waals surface area contributed by atoms with Gasteiger partial charge in [-0.2, -0.15) is 0 Å². The van der Waals surface area contributed by atoms with E-state index in [1.165, 1.54) is 17.2 Å². The van der Waals surface area contributed by atoms with Crippen molar-refractivity contribution in [2.45, 2.75) is 157 Å². The van der Waals surface area contributed by atoms with E-state index >= 15 is 0 Å². The average molecular weight is 1330 g/mol. The molecule has 2 aromatic heterocycles. The van der Waals surface area contributed by atoms with Crippen molar-refractivity contribution >= 4 is 101 Å². The summed E-state index contributed by atoms with van der Waals surface area (Å²) in [7, 11) is 0. The van der Waals surface area contributed by atoms with Gasteiger partial charge in [0.25, 0.3) is 6.71 Å². The van der Waals surface area contributed by atoms with Gasteiger partial charge in [-0.25, -0.2) is 0 Å². The molecular weight excluding hydrogens is 1220 g/mol. The number of anilines is 6. The Morgan fingerprint density at radius 1 is 0.257 bits per heavy atom. The lowest BCUT2D eigenvalue weighted by atomic mass is 9.33. The fraction of sp³-hybridized carbons (Fsp3) is 0.250. The molecular formula is C96H95BN4. The standard InChI is InChI=1S/C96H95BN4/c1-91(2,3)66-45-63(46-67(54-66)92(4,5)6)60-29-27-31-72(51-60)99-86-44-41-62(65-49-70(95(13,14)15)56-71(50-65)96(16,17)18)53-81(86)97-80-43-42-74(98-82-37-23-19-33-76(82)77-34-20-24-38-83(77)98)57-87(80)100(73-32-28-30-61(52-73)64-47-68(93(7,8)9)55-69(48-64)94(10,11)12)89-59-75(58-88(99)90(89)97)101-84-39-25-21-35-78(84)79-36-22-26-40-85(79)101/h19-59H,1-18H3/i19D,20D,21D,22D,23D,25D,26D,33D,34D,35D,36D,37D,38D,39D,40D. The molecule has 0 amide bonds. The fourth-order valence-electron chi connectivity index (χ4n) is 15.0. The molecule has 4 heterocycles. The lowest BCUT2D eigenvalue weighted by Gasteiger charge is -2.45. The van der Waals surface area contributed by atoms with Crippen LogP contribution >= 0.6 is 0 Å². The molecule has 0 aliphatic carbocycles. The Hall–Kier alpha value is -10.1. The summed E-state index contributed by atoms with van der Waals surface area (Å²) in [6.45, 7) is 39.3. The van der Waals surface area contributed by atoms with Gasteiger partial charge in [0.15, 0.2) is 0 Å². The van der Waals surface area contributed by atoms with Crippen molar-refractivity contribution in [1.29, 1.82) is 0 Å². The molecule has 14 aromatic rings. The summed E-state index contributed by atoms with van der Waals surface area (Å²) in [6, 6.07) is 48.5. The predicted molar refractivity (Wildman–Crippen MR) is 438 cm³/mol. The number of hydrogen-bond acceptors (Lipinski definition) is 2. The summed E-state index contributed by atoms with van der Waals surface area (Å²) in [5.41, 5.74) is 18.3. The number of aromatic nitrogens is 2. The molecule has 0 spiro atoms. The number of rotatable bonds is 7. The Morgan fingerprint density at radius 3 is 1.03 bits per heavy atom. The van der Waals surface area contributed by atoms with Crippen LogP contribution in [0.15, 0.2) is 248 Å². The first kappa shape index (κ1) is 50.3. The predicted octanol–water partition coefficient (Wildman–Crippen LogP) is 24.7. The van der Waals surface area contributed by atoms with Crippen molar-refractivity contribution in [2.24, 2.45) is 0 Å². The zero-order chi connectivity index (χ0) is 83.8. The van der Waals surface area contributed by atoms with Crippen molar-refractivity contribution in [1.82, 2.24) is 9.13 Å². The molecule has 502 valence electrons. The molecule has 2 aliphatic heterocycles. The highest BCUT2D eigenvalue weighted by Crippen LogP contribution is 2.50. The van der Waals surface area contributed by atoms with E-state index in [4.69, 9.17) is 2.74 Å². The summed E-state index contributed by atoms with van der Waals surface area (Å²) in [5.74, 6) is 0. The van der Waals surface area contributed by atoms with Gasteiger partial charge in [0, 0.05) is 61.4 Å². The van der Waals surface area contributed by atoms with Gasteiger partial charge >= 0.3 is 0 Å². The molecule has 0 fully saturated rings. The quantitative estimate of drug-likeness (QED) is 0.148. The highest BCUT2D eigenvalue weighted by molar-refractivity contribution is 7.00. The van der Waals surface area contributed by atoms with Crippen molar-refractivity contribution in [3.05, 3.63) is 282 Å². The second-order valence-electron chi connectivity index (χ2n) is 34.1. The minimum absolute atomic E-state index is 0.00524. The zero-order valence-corrected chi connectivity index (χ0v) is 61.4. The van der Waals surface area contributed by atoms with Crippen molar-refractivity contribution in [3.63, 3.8) is 0 Å². The van der Waals surface area contributed by atoms with Gasteiger partial charge in [0.05, 0.1) is 48.3 Å². The molecule has 5 heteroatoms. The van der Waals surface area contributed by atoms with Crippen LogP contribution < -0.4 is 26.2 Å². The molecule has 0 saturated heterocycles. The summed E-state index contributed by atoms with van der Waals surface area (Å²) in [6.07, 6.45) is 0. The second-order valence-corrected chi connectivity index (χ2v) is 34.1. The topological polar surface area (TPSA) is 16.3 Å². The van der Waals surface area contributed by atoms with E-state index in [1.807, 2.05) is 36.4 Å². The highest BCUT2D eigenvalue weighted by atomic mass is 15.2. The van der Waals surface area contributed by atoms with Crippen LogP contribution in [-0.2, 0) is 32.5 Å². The van der Waals surface area contributed by atoms with Crippen LogP contribution in [0.1, 0.15) is 179 Å². The van der Waals surface area contributed by atoms with Crippen LogP contribution in [0.2, 0.25) is 0 Å². The van der Waals surface area contributed by atoms with E-state index in [0.717, 1.165) is 83.4 Å². The lowest BCUT2D eigenvalue weighted by Crippen LogP contribution is -2.61. The summed E-state index contributed by atoms with van der Waals surface area (Å²) >= 11 is 0. The van der Waals surface area contributed by atoms with E-state index < -0.39 is 79.2 Å². The molecule has 16 rings (SSSR count). The van der Waals surface area contributed by atoms with E-state index in [2.05, 4.69) is 250 Å². The largest absolute Gasteiger partial charge is 0.311 e. The van der Waals surface area contributed by atoms with Gasteiger partial charge < -0.3 is 18.9 Å².